The van der Waals surface area contributed by atoms with Crippen molar-refractivity contribution in [2.24, 2.45) is 0 Å². The van der Waals surface area contributed by atoms with Crippen LogP contribution < -0.4 is 5.32 Å². The Morgan fingerprint density at radius 1 is 1.25 bits per heavy atom. The number of aromatic nitrogens is 3. The van der Waals surface area contributed by atoms with Gasteiger partial charge in [-0.15, -0.1) is 10.2 Å². The van der Waals surface area contributed by atoms with E-state index in [1.807, 2.05) is 42.6 Å². The van der Waals surface area contributed by atoms with Crippen molar-refractivity contribution in [3.8, 4) is 5.69 Å². The number of carbonyl (C=O) groups excluding carboxylic acids is 2. The summed E-state index contributed by atoms with van der Waals surface area (Å²) in [6, 6.07) is 7.05. The van der Waals surface area contributed by atoms with Crippen LogP contribution in [0.15, 0.2) is 29.4 Å². The number of nitrogens with one attached hydrogen (secondary N) is 1. The van der Waals surface area contributed by atoms with Crippen molar-refractivity contribution in [1.29, 1.82) is 0 Å². The van der Waals surface area contributed by atoms with E-state index in [2.05, 4.69) is 15.5 Å². The summed E-state index contributed by atoms with van der Waals surface area (Å²) in [6.07, 6.45) is 0. The predicted octanol–water partition coefficient (Wildman–Crippen LogP) is 2.58. The maximum atomic E-state index is 12.7. The molecule has 2 heterocycles. The van der Waals surface area contributed by atoms with E-state index in [-0.39, 0.29) is 18.0 Å². The highest BCUT2D eigenvalue weighted by atomic mass is 35.5. The van der Waals surface area contributed by atoms with Crippen molar-refractivity contribution in [1.82, 2.24) is 29.9 Å². The number of rotatable bonds is 6. The first-order chi connectivity index (χ1) is 13.3. The predicted molar refractivity (Wildman–Crippen MR) is 109 cm³/mol. The number of hydrogen-bond acceptors (Lipinski definition) is 6. The molecule has 0 bridgehead atoms. The molecular formula is C18H23ClN6O2S. The average molecular weight is 423 g/mol. The van der Waals surface area contributed by atoms with Gasteiger partial charge in [0.05, 0.1) is 11.3 Å². The van der Waals surface area contributed by atoms with Gasteiger partial charge in [-0.2, -0.15) is 0 Å². The minimum absolute atomic E-state index is 0.00731. The van der Waals surface area contributed by atoms with E-state index in [9.17, 15) is 9.59 Å². The Kier molecular flexibility index (Phi) is 6.26. The molecule has 1 aliphatic heterocycles. The lowest BCUT2D eigenvalue weighted by molar-refractivity contribution is -0.126. The molecule has 0 saturated carbocycles. The van der Waals surface area contributed by atoms with Gasteiger partial charge in [0.15, 0.2) is 11.0 Å². The van der Waals surface area contributed by atoms with Crippen LogP contribution in [0.25, 0.3) is 5.69 Å². The largest absolute Gasteiger partial charge is 0.336 e. The molecule has 8 nitrogen and oxygen atoms in total. The quantitative estimate of drug-likeness (QED) is 0.720. The van der Waals surface area contributed by atoms with E-state index in [0.29, 0.717) is 23.3 Å². The minimum atomic E-state index is -0.485. The third-order valence-corrected chi connectivity index (χ3v) is 5.93. The Balaban J connectivity index is 1.93. The molecule has 3 amide bonds. The van der Waals surface area contributed by atoms with Crippen LogP contribution in [0.3, 0.4) is 0 Å². The number of benzene rings is 1. The van der Waals surface area contributed by atoms with Gasteiger partial charge in [0.2, 0.25) is 5.91 Å². The SMILES string of the molecule is CC(Sc1nnc(C(C)N(C)C)n1-c1ccc(Cl)cc1)C(=O)N1CCNC1=O. The van der Waals surface area contributed by atoms with E-state index in [1.165, 1.54) is 16.7 Å². The molecule has 1 saturated heterocycles. The van der Waals surface area contributed by atoms with Gasteiger partial charge >= 0.3 is 6.03 Å². The number of amides is 3. The fraction of sp³-hybridized carbons (Fsp3) is 0.444. The summed E-state index contributed by atoms with van der Waals surface area (Å²) in [5, 5.41) is 12.1. The number of nitrogens with zero attached hydrogens (tertiary/aromatic N) is 5. The summed E-state index contributed by atoms with van der Waals surface area (Å²) in [7, 11) is 3.94. The van der Waals surface area contributed by atoms with E-state index >= 15 is 0 Å². The van der Waals surface area contributed by atoms with Gasteiger partial charge in [-0.05, 0) is 52.2 Å². The molecule has 0 spiro atoms. The molecule has 1 aromatic carbocycles. The normalized spacial score (nSPS) is 16.4. The second-order valence-corrected chi connectivity index (χ2v) is 8.52. The lowest BCUT2D eigenvalue weighted by Crippen LogP contribution is -2.39. The number of hydrogen-bond donors (Lipinski definition) is 1. The molecule has 2 aromatic rings. The van der Waals surface area contributed by atoms with Crippen LogP contribution in [0, 0.1) is 0 Å². The van der Waals surface area contributed by atoms with Crippen LogP contribution in [-0.4, -0.2) is 68.9 Å². The van der Waals surface area contributed by atoms with Gasteiger partial charge in [-0.1, -0.05) is 23.4 Å². The van der Waals surface area contributed by atoms with Crippen molar-refractivity contribution in [2.45, 2.75) is 30.3 Å². The highest BCUT2D eigenvalue weighted by molar-refractivity contribution is 8.00. The molecule has 0 aliphatic carbocycles. The molecule has 2 atom stereocenters. The highest BCUT2D eigenvalue weighted by Crippen LogP contribution is 2.30. The van der Waals surface area contributed by atoms with Gasteiger partial charge in [0.25, 0.3) is 0 Å². The van der Waals surface area contributed by atoms with Crippen LogP contribution >= 0.6 is 23.4 Å². The zero-order valence-electron chi connectivity index (χ0n) is 16.2. The summed E-state index contributed by atoms with van der Waals surface area (Å²) in [5.41, 5.74) is 0.860. The van der Waals surface area contributed by atoms with E-state index < -0.39 is 5.25 Å². The third kappa shape index (κ3) is 4.16. The van der Waals surface area contributed by atoms with Crippen LogP contribution in [0.5, 0.6) is 0 Å². The molecule has 1 fully saturated rings. The Hall–Kier alpha value is -2.10. The van der Waals surface area contributed by atoms with Gasteiger partial charge in [-0.25, -0.2) is 4.79 Å². The summed E-state index contributed by atoms with van der Waals surface area (Å²) >= 11 is 7.32. The maximum absolute atomic E-state index is 12.7. The summed E-state index contributed by atoms with van der Waals surface area (Å²) < 4.78 is 1.93. The van der Waals surface area contributed by atoms with Gasteiger partial charge < -0.3 is 5.32 Å². The Morgan fingerprint density at radius 2 is 1.93 bits per heavy atom. The first-order valence-electron chi connectivity index (χ1n) is 8.93. The second-order valence-electron chi connectivity index (χ2n) is 6.77. The highest BCUT2D eigenvalue weighted by Gasteiger charge is 2.32. The molecular weight excluding hydrogens is 400 g/mol. The lowest BCUT2D eigenvalue weighted by atomic mass is 10.2. The van der Waals surface area contributed by atoms with Crippen molar-refractivity contribution < 1.29 is 9.59 Å². The van der Waals surface area contributed by atoms with Crippen molar-refractivity contribution in [3.63, 3.8) is 0 Å². The molecule has 2 unspecified atom stereocenters. The van der Waals surface area contributed by atoms with Crippen molar-refractivity contribution >= 4 is 35.3 Å². The number of halogens is 1. The fourth-order valence-corrected chi connectivity index (χ4v) is 3.86. The number of thioether (sulfide) groups is 1. The van der Waals surface area contributed by atoms with Crippen LogP contribution in [0.2, 0.25) is 5.02 Å². The molecule has 0 radical (unpaired) electrons. The fourth-order valence-electron chi connectivity index (χ4n) is 2.80. The average Bonchev–Trinajstić information content (AvgIpc) is 3.27. The third-order valence-electron chi connectivity index (χ3n) is 4.64. The summed E-state index contributed by atoms with van der Waals surface area (Å²) in [5.74, 6) is 0.515. The number of carbonyl (C=O) groups is 2. The van der Waals surface area contributed by atoms with Gasteiger partial charge in [-0.3, -0.25) is 19.2 Å². The van der Waals surface area contributed by atoms with Crippen LogP contribution in [-0.2, 0) is 4.79 Å². The second kappa shape index (κ2) is 8.50. The Labute approximate surface area is 173 Å². The number of imide groups is 1. The number of urea groups is 1. The molecule has 150 valence electrons. The summed E-state index contributed by atoms with van der Waals surface area (Å²) in [4.78, 5) is 27.7. The first kappa shape index (κ1) is 20.6. The van der Waals surface area contributed by atoms with Crippen LogP contribution in [0.1, 0.15) is 25.7 Å². The monoisotopic (exact) mass is 422 g/mol. The first-order valence-corrected chi connectivity index (χ1v) is 10.2. The van der Waals surface area contributed by atoms with E-state index in [0.717, 1.165) is 11.5 Å². The standard InChI is InChI=1S/C18H23ClN6O2S/c1-11(23(3)4)15-21-22-18(25(15)14-7-5-13(19)6-8-14)28-12(2)16(26)24-10-9-20-17(24)27/h5-8,11-12H,9-10H2,1-4H3,(H,20,27). The van der Waals surface area contributed by atoms with E-state index in [4.69, 9.17) is 11.6 Å². The minimum Gasteiger partial charge on any atom is -0.336 e. The lowest BCUT2D eigenvalue weighted by Gasteiger charge is -2.21. The zero-order chi connectivity index (χ0) is 20.4. The molecule has 1 aliphatic rings. The Bertz CT molecular complexity index is 869. The maximum Gasteiger partial charge on any atom is 0.324 e. The van der Waals surface area contributed by atoms with Crippen molar-refractivity contribution in [3.05, 3.63) is 35.1 Å². The smallest absolute Gasteiger partial charge is 0.324 e. The van der Waals surface area contributed by atoms with E-state index in [1.54, 1.807) is 19.1 Å². The molecule has 10 heteroatoms. The molecule has 1 aromatic heterocycles. The topological polar surface area (TPSA) is 83.4 Å². The molecule has 3 rings (SSSR count). The molecule has 1 N–H and O–H groups in total. The van der Waals surface area contributed by atoms with Gasteiger partial charge in [0, 0.05) is 23.8 Å². The van der Waals surface area contributed by atoms with Gasteiger partial charge in [0.1, 0.15) is 0 Å². The Morgan fingerprint density at radius 3 is 2.50 bits per heavy atom. The van der Waals surface area contributed by atoms with Crippen LogP contribution in [0.4, 0.5) is 4.79 Å². The van der Waals surface area contributed by atoms with Crippen molar-refractivity contribution in [2.75, 3.05) is 27.2 Å². The summed E-state index contributed by atoms with van der Waals surface area (Å²) in [6.45, 7) is 4.67. The zero-order valence-corrected chi connectivity index (χ0v) is 17.8. The molecule has 28 heavy (non-hydrogen) atoms.